The number of hydrogen-bond acceptors (Lipinski definition) is 3. The second kappa shape index (κ2) is 9.26. The van der Waals surface area contributed by atoms with Crippen LogP contribution in [0.25, 0.3) is 0 Å². The fourth-order valence-electron chi connectivity index (χ4n) is 3.44. The monoisotopic (exact) mass is 312 g/mol. The maximum absolute atomic E-state index is 5.35. The zero-order valence-electron chi connectivity index (χ0n) is 13.5. The molecule has 1 aromatic heterocycles. The maximum atomic E-state index is 5.35. The third-order valence-corrected chi connectivity index (χ3v) is 4.41. The van der Waals surface area contributed by atoms with Gasteiger partial charge in [-0.1, -0.05) is 25.7 Å². The molecular formula is C17H29ClN2O. The number of hydrogen-bond donors (Lipinski definition) is 0. The van der Waals surface area contributed by atoms with Crippen molar-refractivity contribution >= 4 is 12.4 Å². The first-order valence-electron chi connectivity index (χ1n) is 7.84. The lowest BCUT2D eigenvalue weighted by Crippen LogP contribution is -2.27. The topological polar surface area (TPSA) is 25.4 Å². The molecule has 1 heterocycles. The van der Waals surface area contributed by atoms with Gasteiger partial charge in [-0.05, 0) is 50.4 Å². The minimum absolute atomic E-state index is 0. The summed E-state index contributed by atoms with van der Waals surface area (Å²) in [4.78, 5) is 6.69. The molecular weight excluding hydrogens is 284 g/mol. The molecule has 0 saturated heterocycles. The molecule has 1 aromatic rings. The van der Waals surface area contributed by atoms with Gasteiger partial charge in [0.05, 0.1) is 13.3 Å². The van der Waals surface area contributed by atoms with E-state index in [0.29, 0.717) is 5.92 Å². The van der Waals surface area contributed by atoms with E-state index in [1.165, 1.54) is 50.6 Å². The standard InChI is InChI=1S/C17H28N2O.ClH/c1-19(2)13-14-8-6-4-5-7-9-17(14)15-10-16(20-3)12-18-11-15;/h10-12,14,17H,4-9,13H2,1-3H3;1H. The van der Waals surface area contributed by atoms with Crippen molar-refractivity contribution in [1.29, 1.82) is 0 Å². The highest BCUT2D eigenvalue weighted by atomic mass is 35.5. The van der Waals surface area contributed by atoms with E-state index < -0.39 is 0 Å². The highest BCUT2D eigenvalue weighted by molar-refractivity contribution is 5.85. The van der Waals surface area contributed by atoms with Gasteiger partial charge in [0.15, 0.2) is 0 Å². The Labute approximate surface area is 135 Å². The van der Waals surface area contributed by atoms with Crippen molar-refractivity contribution in [2.75, 3.05) is 27.7 Å². The van der Waals surface area contributed by atoms with Gasteiger partial charge in [-0.25, -0.2) is 0 Å². The first kappa shape index (κ1) is 18.2. The van der Waals surface area contributed by atoms with Crippen LogP contribution in [-0.4, -0.2) is 37.6 Å². The van der Waals surface area contributed by atoms with Crippen molar-refractivity contribution in [2.24, 2.45) is 5.92 Å². The second-order valence-corrected chi connectivity index (χ2v) is 6.28. The van der Waals surface area contributed by atoms with Gasteiger partial charge in [0.1, 0.15) is 5.75 Å². The minimum atomic E-state index is 0. The zero-order chi connectivity index (χ0) is 14.4. The average Bonchev–Trinajstić information content (AvgIpc) is 2.42. The van der Waals surface area contributed by atoms with E-state index in [4.69, 9.17) is 4.74 Å². The smallest absolute Gasteiger partial charge is 0.137 e. The van der Waals surface area contributed by atoms with Gasteiger partial charge in [-0.3, -0.25) is 4.98 Å². The summed E-state index contributed by atoms with van der Waals surface area (Å²) in [6.45, 7) is 1.17. The molecule has 4 heteroatoms. The highest BCUT2D eigenvalue weighted by Gasteiger charge is 2.25. The number of aromatic nitrogens is 1. The minimum Gasteiger partial charge on any atom is -0.495 e. The fraction of sp³-hybridized carbons (Fsp3) is 0.706. The van der Waals surface area contributed by atoms with Crippen LogP contribution in [0, 0.1) is 5.92 Å². The lowest BCUT2D eigenvalue weighted by atomic mass is 9.78. The number of pyridine rings is 1. The van der Waals surface area contributed by atoms with E-state index in [1.807, 2.05) is 6.20 Å². The number of nitrogens with zero attached hydrogens (tertiary/aromatic N) is 2. The molecule has 0 spiro atoms. The largest absolute Gasteiger partial charge is 0.495 e. The van der Waals surface area contributed by atoms with Crippen LogP contribution >= 0.6 is 12.4 Å². The fourth-order valence-corrected chi connectivity index (χ4v) is 3.44. The molecule has 0 aromatic carbocycles. The molecule has 0 amide bonds. The van der Waals surface area contributed by atoms with Crippen molar-refractivity contribution in [3.05, 3.63) is 24.0 Å². The first-order valence-corrected chi connectivity index (χ1v) is 7.84. The molecule has 3 nitrogen and oxygen atoms in total. The van der Waals surface area contributed by atoms with E-state index in [1.54, 1.807) is 13.3 Å². The van der Waals surface area contributed by atoms with E-state index in [2.05, 4.69) is 30.0 Å². The normalized spacial score (nSPS) is 23.0. The average molecular weight is 313 g/mol. The third-order valence-electron chi connectivity index (χ3n) is 4.41. The van der Waals surface area contributed by atoms with Crippen LogP contribution < -0.4 is 4.74 Å². The summed E-state index contributed by atoms with van der Waals surface area (Å²) in [6.07, 6.45) is 11.9. The summed E-state index contributed by atoms with van der Waals surface area (Å²) < 4.78 is 5.35. The number of halogens is 1. The second-order valence-electron chi connectivity index (χ2n) is 6.28. The van der Waals surface area contributed by atoms with Gasteiger partial charge in [0, 0.05) is 12.7 Å². The van der Waals surface area contributed by atoms with Gasteiger partial charge in [0.2, 0.25) is 0 Å². The van der Waals surface area contributed by atoms with E-state index in [0.717, 1.165) is 11.7 Å². The van der Waals surface area contributed by atoms with E-state index in [-0.39, 0.29) is 12.4 Å². The lowest BCUT2D eigenvalue weighted by molar-refractivity contribution is 0.248. The molecule has 1 saturated carbocycles. The van der Waals surface area contributed by atoms with Crippen LogP contribution in [0.15, 0.2) is 18.5 Å². The molecule has 0 aliphatic heterocycles. The summed E-state index contributed by atoms with van der Waals surface area (Å²) in [5, 5.41) is 0. The van der Waals surface area contributed by atoms with Gasteiger partial charge >= 0.3 is 0 Å². The molecule has 0 N–H and O–H groups in total. The number of ether oxygens (including phenoxy) is 1. The Morgan fingerprint density at radius 2 is 1.86 bits per heavy atom. The number of rotatable bonds is 4. The maximum Gasteiger partial charge on any atom is 0.137 e. The van der Waals surface area contributed by atoms with Crippen molar-refractivity contribution in [3.63, 3.8) is 0 Å². The molecule has 0 radical (unpaired) electrons. The van der Waals surface area contributed by atoms with E-state index >= 15 is 0 Å². The first-order chi connectivity index (χ1) is 9.70. The van der Waals surface area contributed by atoms with Gasteiger partial charge < -0.3 is 9.64 Å². The summed E-state index contributed by atoms with van der Waals surface area (Å²) in [5.41, 5.74) is 1.36. The number of methoxy groups -OCH3 is 1. The molecule has 120 valence electrons. The van der Waals surface area contributed by atoms with Crippen LogP contribution in [0.5, 0.6) is 5.75 Å². The van der Waals surface area contributed by atoms with Crippen LogP contribution in [-0.2, 0) is 0 Å². The predicted molar refractivity (Wildman–Crippen MR) is 90.5 cm³/mol. The summed E-state index contributed by atoms with van der Waals surface area (Å²) in [5.74, 6) is 2.24. The lowest BCUT2D eigenvalue weighted by Gasteiger charge is -2.31. The van der Waals surface area contributed by atoms with Gasteiger partial charge in [-0.2, -0.15) is 0 Å². The van der Waals surface area contributed by atoms with Crippen LogP contribution in [0.1, 0.15) is 50.0 Å². The summed E-state index contributed by atoms with van der Waals surface area (Å²) in [7, 11) is 6.08. The van der Waals surface area contributed by atoms with Crippen molar-refractivity contribution < 1.29 is 4.74 Å². The highest BCUT2D eigenvalue weighted by Crippen LogP contribution is 2.36. The Bertz CT molecular complexity index is 412. The van der Waals surface area contributed by atoms with Crippen molar-refractivity contribution in [2.45, 2.75) is 44.4 Å². The SMILES string of the molecule is COc1cncc(C2CCCCCCC2CN(C)C)c1.Cl. The Balaban J connectivity index is 0.00000220. The molecule has 21 heavy (non-hydrogen) atoms. The van der Waals surface area contributed by atoms with Crippen molar-refractivity contribution in [1.82, 2.24) is 9.88 Å². The van der Waals surface area contributed by atoms with E-state index in [9.17, 15) is 0 Å². The Hall–Kier alpha value is -0.800. The molecule has 1 aliphatic carbocycles. The summed E-state index contributed by atoms with van der Waals surface area (Å²) >= 11 is 0. The Morgan fingerprint density at radius 3 is 2.52 bits per heavy atom. The Morgan fingerprint density at radius 1 is 1.14 bits per heavy atom. The van der Waals surface area contributed by atoms with Gasteiger partial charge in [-0.15, -0.1) is 12.4 Å². The Kier molecular flexibility index (Phi) is 8.05. The molecule has 2 unspecified atom stereocenters. The van der Waals surface area contributed by atoms with Crippen LogP contribution in [0.2, 0.25) is 0 Å². The zero-order valence-corrected chi connectivity index (χ0v) is 14.4. The molecule has 2 rings (SSSR count). The van der Waals surface area contributed by atoms with Gasteiger partial charge in [0.25, 0.3) is 0 Å². The van der Waals surface area contributed by atoms with Crippen LogP contribution in [0.4, 0.5) is 0 Å². The van der Waals surface area contributed by atoms with Crippen LogP contribution in [0.3, 0.4) is 0 Å². The third kappa shape index (κ3) is 5.48. The van der Waals surface area contributed by atoms with Crippen molar-refractivity contribution in [3.8, 4) is 5.75 Å². The molecule has 2 atom stereocenters. The quantitative estimate of drug-likeness (QED) is 0.836. The molecule has 1 fully saturated rings. The summed E-state index contributed by atoms with van der Waals surface area (Å²) in [6, 6.07) is 2.18. The molecule has 1 aliphatic rings. The molecule has 0 bridgehead atoms. The predicted octanol–water partition coefficient (Wildman–Crippen LogP) is 4.13.